The molecule has 1 fully saturated rings. The highest BCUT2D eigenvalue weighted by Crippen LogP contribution is 2.39. The van der Waals surface area contributed by atoms with E-state index in [4.69, 9.17) is 0 Å². The minimum absolute atomic E-state index is 0.0139. The van der Waals surface area contributed by atoms with Crippen LogP contribution >= 0.6 is 0 Å². The lowest BCUT2D eigenvalue weighted by Crippen LogP contribution is -2.91. The number of rotatable bonds is 2. The minimum atomic E-state index is -0.0139. The predicted octanol–water partition coefficient (Wildman–Crippen LogP) is -0.203. The van der Waals surface area contributed by atoms with Gasteiger partial charge in [0.2, 0.25) is 0 Å². The second-order valence-electron chi connectivity index (χ2n) is 2.99. The second kappa shape index (κ2) is 3.54. The molecule has 2 nitrogen and oxygen atoms in total. The van der Waals surface area contributed by atoms with Gasteiger partial charge in [-0.05, 0) is 0 Å². The number of likely N-dealkylation sites (N-methyl/N-ethyl adjacent to an activating group) is 1. The Balaban J connectivity index is 0.000000461. The Bertz CT molecular complexity index is 170. The van der Waals surface area contributed by atoms with Crippen LogP contribution in [0.15, 0.2) is 0 Å². The van der Waals surface area contributed by atoms with E-state index in [0.29, 0.717) is 11.7 Å². The lowest BCUT2D eigenvalue weighted by atomic mass is 10.1. The van der Waals surface area contributed by atoms with Crippen LogP contribution in [-0.4, -0.2) is 18.4 Å². The molecule has 0 spiro atoms. The lowest BCUT2D eigenvalue weighted by molar-refractivity contribution is -0.666. The van der Waals surface area contributed by atoms with Crippen LogP contribution in [-0.2, 0) is 4.79 Å². The normalized spacial score (nSPS) is 33.4. The van der Waals surface area contributed by atoms with Crippen LogP contribution in [0.5, 0.6) is 0 Å². The highest BCUT2D eigenvalue weighted by molar-refractivity contribution is 5.87. The molecular weight excluding hydrogens is 138 g/mol. The Morgan fingerprint density at radius 1 is 1.64 bits per heavy atom. The predicted molar refractivity (Wildman–Crippen MR) is 44.9 cm³/mol. The fourth-order valence-corrected chi connectivity index (χ4v) is 1.54. The van der Waals surface area contributed by atoms with Gasteiger partial charge in [0, 0.05) is 19.3 Å². The van der Waals surface area contributed by atoms with E-state index in [1.807, 2.05) is 12.4 Å². The van der Waals surface area contributed by atoms with E-state index in [0.717, 1.165) is 6.42 Å². The Labute approximate surface area is 68.4 Å². The summed E-state index contributed by atoms with van der Waals surface area (Å²) in [5.41, 5.74) is -0.0139. The molecule has 11 heavy (non-hydrogen) atoms. The summed E-state index contributed by atoms with van der Waals surface area (Å²) in [7, 11) is 1.98. The van der Waals surface area contributed by atoms with Crippen molar-refractivity contribution in [3.05, 3.63) is 0 Å². The Hall–Kier alpha value is -0.810. The van der Waals surface area contributed by atoms with Crippen molar-refractivity contribution < 1.29 is 10.1 Å². The standard InChI is InChI=1S/C7H13NO.C2H2/c1-5-4-7(5,8-3)6(2)9;1-2/h5,8H,4H2,1-3H3;1-2H/p+1/t5?,7-;/m1./s1. The zero-order valence-electron chi connectivity index (χ0n) is 7.42. The van der Waals surface area contributed by atoms with E-state index in [-0.39, 0.29) is 5.54 Å². The molecule has 2 atom stereocenters. The number of ketones is 1. The number of hydrogen-bond acceptors (Lipinski definition) is 1. The molecule has 1 saturated carbocycles. The van der Waals surface area contributed by atoms with Crippen LogP contribution in [0.2, 0.25) is 0 Å². The maximum atomic E-state index is 10.9. The molecule has 62 valence electrons. The van der Waals surface area contributed by atoms with E-state index >= 15 is 0 Å². The van der Waals surface area contributed by atoms with Gasteiger partial charge in [-0.15, -0.1) is 12.8 Å². The van der Waals surface area contributed by atoms with Gasteiger partial charge < -0.3 is 5.32 Å². The molecule has 0 aromatic carbocycles. The first-order valence-electron chi connectivity index (χ1n) is 3.78. The van der Waals surface area contributed by atoms with Gasteiger partial charge >= 0.3 is 0 Å². The van der Waals surface area contributed by atoms with Crippen LogP contribution in [0.3, 0.4) is 0 Å². The van der Waals surface area contributed by atoms with Gasteiger partial charge in [-0.3, -0.25) is 4.79 Å². The largest absolute Gasteiger partial charge is 0.337 e. The first kappa shape index (κ1) is 10.2. The topological polar surface area (TPSA) is 33.7 Å². The molecular formula is C9H16NO+. The smallest absolute Gasteiger partial charge is 0.190 e. The van der Waals surface area contributed by atoms with Crippen LogP contribution < -0.4 is 5.32 Å². The molecule has 0 bridgehead atoms. The number of nitrogens with two attached hydrogens (primary N) is 1. The van der Waals surface area contributed by atoms with Crippen LogP contribution in [0.25, 0.3) is 0 Å². The zero-order valence-corrected chi connectivity index (χ0v) is 7.42. The molecule has 2 N–H and O–H groups in total. The molecule has 0 heterocycles. The van der Waals surface area contributed by atoms with Crippen molar-refractivity contribution in [3.63, 3.8) is 0 Å². The molecule has 0 amide bonds. The number of carbonyl (C=O) groups excluding carboxylic acids is 1. The number of carbonyl (C=O) groups is 1. The monoisotopic (exact) mass is 154 g/mol. The Kier molecular flexibility index (Phi) is 3.28. The summed E-state index contributed by atoms with van der Waals surface area (Å²) in [5, 5.41) is 2.04. The number of hydrogen-bond donors (Lipinski definition) is 1. The van der Waals surface area contributed by atoms with Crippen molar-refractivity contribution in [2.75, 3.05) is 7.05 Å². The maximum absolute atomic E-state index is 10.9. The number of Topliss-reactive ketones (excluding diaryl/α,β-unsaturated/α-hetero) is 1. The van der Waals surface area contributed by atoms with Crippen LogP contribution in [0.1, 0.15) is 20.3 Å². The van der Waals surface area contributed by atoms with Crippen molar-refractivity contribution in [3.8, 4) is 12.8 Å². The summed E-state index contributed by atoms with van der Waals surface area (Å²) in [6, 6.07) is 0. The molecule has 0 aliphatic heterocycles. The molecule has 0 aromatic rings. The minimum Gasteiger partial charge on any atom is -0.337 e. The van der Waals surface area contributed by atoms with Gasteiger partial charge in [-0.25, -0.2) is 0 Å². The Morgan fingerprint density at radius 3 is 2.00 bits per heavy atom. The first-order chi connectivity index (χ1) is 5.13. The van der Waals surface area contributed by atoms with Crippen LogP contribution in [0, 0.1) is 18.8 Å². The quantitative estimate of drug-likeness (QED) is 0.549. The molecule has 0 aromatic heterocycles. The average molecular weight is 154 g/mol. The van der Waals surface area contributed by atoms with Gasteiger partial charge in [0.05, 0.1) is 7.05 Å². The van der Waals surface area contributed by atoms with Gasteiger partial charge in [0.1, 0.15) is 0 Å². The Morgan fingerprint density at radius 2 is 2.00 bits per heavy atom. The van der Waals surface area contributed by atoms with E-state index in [9.17, 15) is 4.79 Å². The van der Waals surface area contributed by atoms with E-state index in [1.165, 1.54) is 0 Å². The fourth-order valence-electron chi connectivity index (χ4n) is 1.54. The van der Waals surface area contributed by atoms with Crippen molar-refractivity contribution >= 4 is 5.78 Å². The summed E-state index contributed by atoms with van der Waals surface area (Å²) in [5.74, 6) is 0.928. The highest BCUT2D eigenvalue weighted by atomic mass is 16.1. The molecule has 1 aliphatic rings. The van der Waals surface area contributed by atoms with E-state index < -0.39 is 0 Å². The van der Waals surface area contributed by atoms with Crippen molar-refractivity contribution in [2.24, 2.45) is 5.92 Å². The van der Waals surface area contributed by atoms with E-state index in [1.54, 1.807) is 6.92 Å². The summed E-state index contributed by atoms with van der Waals surface area (Å²) < 4.78 is 0. The average Bonchev–Trinajstić information content (AvgIpc) is 2.67. The molecule has 1 aliphatic carbocycles. The summed E-state index contributed by atoms with van der Waals surface area (Å²) in [6.45, 7) is 3.81. The number of quaternary nitrogens is 1. The third-order valence-corrected chi connectivity index (χ3v) is 2.53. The van der Waals surface area contributed by atoms with Gasteiger partial charge in [0.15, 0.2) is 11.3 Å². The van der Waals surface area contributed by atoms with Crippen LogP contribution in [0.4, 0.5) is 0 Å². The van der Waals surface area contributed by atoms with Gasteiger partial charge in [-0.1, -0.05) is 6.92 Å². The lowest BCUT2D eigenvalue weighted by Gasteiger charge is -2.05. The SMILES string of the molecule is C#C.C[NH2+][C@]1(C(C)=O)CC1C. The van der Waals surface area contributed by atoms with Gasteiger partial charge in [-0.2, -0.15) is 0 Å². The third-order valence-electron chi connectivity index (χ3n) is 2.53. The molecule has 0 saturated heterocycles. The summed E-state index contributed by atoms with van der Waals surface area (Å²) >= 11 is 0. The third kappa shape index (κ3) is 1.61. The molecule has 2 heteroatoms. The summed E-state index contributed by atoms with van der Waals surface area (Å²) in [6.07, 6.45) is 9.07. The second-order valence-corrected chi connectivity index (χ2v) is 2.99. The first-order valence-corrected chi connectivity index (χ1v) is 3.78. The van der Waals surface area contributed by atoms with E-state index in [2.05, 4.69) is 19.8 Å². The van der Waals surface area contributed by atoms with Crippen molar-refractivity contribution in [2.45, 2.75) is 25.8 Å². The molecule has 1 unspecified atom stereocenters. The number of terminal acetylenes is 1. The molecule has 0 radical (unpaired) electrons. The highest BCUT2D eigenvalue weighted by Gasteiger charge is 2.58. The zero-order chi connectivity index (χ0) is 9.07. The molecule has 1 rings (SSSR count). The maximum Gasteiger partial charge on any atom is 0.190 e. The van der Waals surface area contributed by atoms with Crippen molar-refractivity contribution in [1.82, 2.24) is 0 Å². The summed E-state index contributed by atoms with van der Waals surface area (Å²) in [4.78, 5) is 10.9. The fraction of sp³-hybridized carbons (Fsp3) is 0.667. The van der Waals surface area contributed by atoms with Gasteiger partial charge in [0.25, 0.3) is 0 Å². The van der Waals surface area contributed by atoms with Crippen molar-refractivity contribution in [1.29, 1.82) is 0 Å².